The smallest absolute Gasteiger partial charge is 0.228 e. The lowest BCUT2D eigenvalue weighted by atomic mass is 9.77. The van der Waals surface area contributed by atoms with Crippen molar-refractivity contribution in [1.29, 1.82) is 0 Å². The Balaban J connectivity index is 1.36. The van der Waals surface area contributed by atoms with Crippen molar-refractivity contribution in [3.8, 4) is 0 Å². The summed E-state index contributed by atoms with van der Waals surface area (Å²) in [5.41, 5.74) is 3.37. The van der Waals surface area contributed by atoms with Crippen LogP contribution in [0.3, 0.4) is 0 Å². The van der Waals surface area contributed by atoms with Gasteiger partial charge < -0.3 is 19.9 Å². The summed E-state index contributed by atoms with van der Waals surface area (Å²) in [6.07, 6.45) is 7.70. The van der Waals surface area contributed by atoms with E-state index in [1.165, 1.54) is 0 Å². The Kier molecular flexibility index (Phi) is 4.53. The zero-order chi connectivity index (χ0) is 21.2. The quantitative estimate of drug-likeness (QED) is 0.567. The predicted molar refractivity (Wildman–Crippen MR) is 117 cm³/mol. The number of nitrogens with zero attached hydrogens (tertiary/aromatic N) is 6. The zero-order valence-electron chi connectivity index (χ0n) is 16.8. The molecular formula is C20H22ClN7O2S. The van der Waals surface area contributed by atoms with Gasteiger partial charge in [-0.15, -0.1) is 0 Å². The van der Waals surface area contributed by atoms with Crippen LogP contribution in [0.4, 0.5) is 11.8 Å². The molecule has 3 aromatic rings. The van der Waals surface area contributed by atoms with Gasteiger partial charge in [0.15, 0.2) is 11.5 Å². The maximum absolute atomic E-state index is 12.6. The van der Waals surface area contributed by atoms with Crippen molar-refractivity contribution in [3.63, 3.8) is 0 Å². The fourth-order valence-electron chi connectivity index (χ4n) is 4.65. The van der Waals surface area contributed by atoms with Crippen LogP contribution in [-0.2, 0) is 30.6 Å². The number of aromatic nitrogens is 5. The standard InChI is InChI=1S/C20H22ClN7O2S/c21-12-8-22-18-13-2-6-27(10-15(13)26-28(18)9-12)19-23-14-3-7-31(30)16(14)17(24-19)25-20(11-29)4-1-5-20/h8-9,29H,1-7,10-11H2,(H,23,24,25)/t31-/m1/s1. The minimum Gasteiger partial charge on any atom is -0.611 e. The van der Waals surface area contributed by atoms with Gasteiger partial charge in [0.25, 0.3) is 0 Å². The average Bonchev–Trinajstić information content (AvgIpc) is 3.29. The van der Waals surface area contributed by atoms with E-state index in [0.717, 1.165) is 54.8 Å². The molecule has 0 saturated heterocycles. The molecule has 1 aliphatic carbocycles. The number of nitrogens with one attached hydrogen (secondary N) is 1. The van der Waals surface area contributed by atoms with Crippen molar-refractivity contribution < 1.29 is 9.66 Å². The summed E-state index contributed by atoms with van der Waals surface area (Å²) in [7, 11) is 0. The second kappa shape index (κ2) is 7.19. The Hall–Kier alpha value is -2.14. The van der Waals surface area contributed by atoms with E-state index in [-0.39, 0.29) is 12.1 Å². The van der Waals surface area contributed by atoms with E-state index in [2.05, 4.69) is 20.3 Å². The molecule has 0 radical (unpaired) electrons. The van der Waals surface area contributed by atoms with Crippen LogP contribution < -0.4 is 10.2 Å². The Bertz CT molecular complexity index is 1180. The maximum Gasteiger partial charge on any atom is 0.228 e. The lowest BCUT2D eigenvalue weighted by Gasteiger charge is -2.41. The first kappa shape index (κ1) is 19.5. The van der Waals surface area contributed by atoms with Crippen molar-refractivity contribution in [1.82, 2.24) is 24.6 Å². The molecule has 0 spiro atoms. The zero-order valence-corrected chi connectivity index (χ0v) is 18.4. The first-order valence-corrected chi connectivity index (χ1v) is 12.2. The van der Waals surface area contributed by atoms with E-state index >= 15 is 0 Å². The Morgan fingerprint density at radius 3 is 2.90 bits per heavy atom. The molecule has 3 aliphatic rings. The van der Waals surface area contributed by atoms with Gasteiger partial charge in [-0.3, -0.25) is 0 Å². The van der Waals surface area contributed by atoms with Crippen LogP contribution >= 0.6 is 11.6 Å². The van der Waals surface area contributed by atoms with Crippen LogP contribution in [-0.4, -0.2) is 58.7 Å². The Morgan fingerprint density at radius 2 is 2.13 bits per heavy atom. The third-order valence-corrected chi connectivity index (χ3v) is 8.20. The molecule has 0 aromatic carbocycles. The fraction of sp³-hybridized carbons (Fsp3) is 0.500. The normalized spacial score (nSPS) is 21.6. The highest BCUT2D eigenvalue weighted by Gasteiger charge is 2.41. The first-order valence-electron chi connectivity index (χ1n) is 10.5. The summed E-state index contributed by atoms with van der Waals surface area (Å²) in [5, 5.41) is 18.6. The van der Waals surface area contributed by atoms with E-state index in [1.54, 1.807) is 16.9 Å². The number of rotatable bonds is 4. The minimum absolute atomic E-state index is 0.0393. The molecule has 2 aliphatic heterocycles. The number of halogens is 1. The molecule has 9 nitrogen and oxygen atoms in total. The lowest BCUT2D eigenvalue weighted by molar-refractivity contribution is 0.143. The van der Waals surface area contributed by atoms with Crippen molar-refractivity contribution in [2.24, 2.45) is 0 Å². The molecule has 5 heterocycles. The molecule has 6 rings (SSSR count). The first-order chi connectivity index (χ1) is 15.0. The third kappa shape index (κ3) is 3.15. The lowest BCUT2D eigenvalue weighted by Crippen LogP contribution is -2.49. The Labute approximate surface area is 187 Å². The van der Waals surface area contributed by atoms with Gasteiger partial charge in [0.2, 0.25) is 10.8 Å². The molecule has 3 aromatic heterocycles. The van der Waals surface area contributed by atoms with Gasteiger partial charge >= 0.3 is 0 Å². The van der Waals surface area contributed by atoms with E-state index in [9.17, 15) is 9.66 Å². The summed E-state index contributed by atoms with van der Waals surface area (Å²) in [4.78, 5) is 16.8. The third-order valence-electron chi connectivity index (χ3n) is 6.55. The van der Waals surface area contributed by atoms with Gasteiger partial charge in [0.05, 0.1) is 35.6 Å². The van der Waals surface area contributed by atoms with E-state index < -0.39 is 11.2 Å². The fourth-order valence-corrected chi connectivity index (χ4v) is 6.10. The largest absolute Gasteiger partial charge is 0.611 e. The molecule has 0 amide bonds. The van der Waals surface area contributed by atoms with E-state index in [4.69, 9.17) is 21.6 Å². The molecule has 11 heteroatoms. The molecule has 0 unspecified atom stereocenters. The average molecular weight is 460 g/mol. The number of aryl methyl sites for hydroxylation is 1. The summed E-state index contributed by atoms with van der Waals surface area (Å²) in [5.74, 6) is 1.79. The van der Waals surface area contributed by atoms with Gasteiger partial charge in [-0.1, -0.05) is 11.6 Å². The SMILES string of the molecule is [O-][S@+]1CCc2nc(N3CCc4c(nn5cc(Cl)cnc45)C3)nc(NC3(CO)CCC3)c21. The highest BCUT2D eigenvalue weighted by Crippen LogP contribution is 2.39. The van der Waals surface area contributed by atoms with Gasteiger partial charge in [0, 0.05) is 24.7 Å². The molecule has 1 atom stereocenters. The second-order valence-corrected chi connectivity index (χ2v) is 10.4. The molecule has 162 valence electrons. The van der Waals surface area contributed by atoms with Crippen LogP contribution in [0.2, 0.25) is 5.02 Å². The van der Waals surface area contributed by atoms with Crippen LogP contribution in [0.15, 0.2) is 17.3 Å². The second-order valence-electron chi connectivity index (χ2n) is 8.50. The summed E-state index contributed by atoms with van der Waals surface area (Å²) >= 11 is 4.96. The van der Waals surface area contributed by atoms with Crippen LogP contribution in [0.25, 0.3) is 5.65 Å². The minimum atomic E-state index is -1.11. The molecule has 0 bridgehead atoms. The molecule has 2 N–H and O–H groups in total. The van der Waals surface area contributed by atoms with Crippen molar-refractivity contribution >= 4 is 40.2 Å². The molecule has 31 heavy (non-hydrogen) atoms. The molecular weight excluding hydrogens is 438 g/mol. The van der Waals surface area contributed by atoms with Gasteiger partial charge in [-0.05, 0) is 36.9 Å². The maximum atomic E-state index is 12.6. The highest BCUT2D eigenvalue weighted by atomic mass is 35.5. The van der Waals surface area contributed by atoms with Crippen LogP contribution in [0.1, 0.15) is 36.2 Å². The number of fused-ring (bicyclic) bond motifs is 4. The van der Waals surface area contributed by atoms with E-state index in [0.29, 0.717) is 40.4 Å². The summed E-state index contributed by atoms with van der Waals surface area (Å²) < 4.78 is 14.4. The van der Waals surface area contributed by atoms with Gasteiger partial charge in [0.1, 0.15) is 11.4 Å². The topological polar surface area (TPSA) is 115 Å². The van der Waals surface area contributed by atoms with Gasteiger partial charge in [-0.25, -0.2) is 14.5 Å². The number of aliphatic hydroxyl groups is 1. The van der Waals surface area contributed by atoms with E-state index in [1.807, 2.05) is 0 Å². The van der Waals surface area contributed by atoms with Crippen molar-refractivity contribution in [2.45, 2.75) is 49.1 Å². The number of anilines is 2. The van der Waals surface area contributed by atoms with Gasteiger partial charge in [-0.2, -0.15) is 10.1 Å². The van der Waals surface area contributed by atoms with Crippen molar-refractivity contribution in [2.75, 3.05) is 29.1 Å². The Morgan fingerprint density at radius 1 is 1.26 bits per heavy atom. The van der Waals surface area contributed by atoms with Crippen LogP contribution in [0.5, 0.6) is 0 Å². The van der Waals surface area contributed by atoms with Crippen LogP contribution in [0, 0.1) is 0 Å². The predicted octanol–water partition coefficient (Wildman–Crippen LogP) is 1.73. The van der Waals surface area contributed by atoms with Crippen molar-refractivity contribution in [3.05, 3.63) is 34.4 Å². The highest BCUT2D eigenvalue weighted by molar-refractivity contribution is 7.91. The molecule has 1 saturated carbocycles. The number of hydrogen-bond donors (Lipinski definition) is 2. The molecule has 1 fully saturated rings. The number of aliphatic hydroxyl groups excluding tert-OH is 1. The monoisotopic (exact) mass is 459 g/mol. The summed E-state index contributed by atoms with van der Waals surface area (Å²) in [6, 6.07) is 0. The number of hydrogen-bond acceptors (Lipinski definition) is 8. The summed E-state index contributed by atoms with van der Waals surface area (Å²) in [6.45, 7) is 1.35.